The number of anilines is 1. The number of hydrogen-bond donors (Lipinski definition) is 1. The van der Waals surface area contributed by atoms with Gasteiger partial charge in [0, 0.05) is 11.4 Å². The van der Waals surface area contributed by atoms with Gasteiger partial charge in [0.1, 0.15) is 5.82 Å². The molecule has 6 heteroatoms. The molecule has 0 spiro atoms. The lowest BCUT2D eigenvalue weighted by Gasteiger charge is -2.13. The molecule has 3 aromatic rings. The highest BCUT2D eigenvalue weighted by atomic mass is 32.2. The van der Waals surface area contributed by atoms with Gasteiger partial charge in [0.25, 0.3) is 0 Å². The topological polar surface area (TPSA) is 59.8 Å². The van der Waals surface area contributed by atoms with Crippen molar-refractivity contribution in [1.82, 2.24) is 14.8 Å². The Morgan fingerprint density at radius 2 is 1.74 bits per heavy atom. The molecule has 0 unspecified atom stereocenters. The van der Waals surface area contributed by atoms with Gasteiger partial charge in [0.05, 0.1) is 5.25 Å². The predicted molar refractivity (Wildman–Crippen MR) is 111 cm³/mol. The number of amides is 1. The third kappa shape index (κ3) is 4.57. The summed E-state index contributed by atoms with van der Waals surface area (Å²) >= 11 is 1.40. The molecule has 27 heavy (non-hydrogen) atoms. The first-order valence-electron chi connectivity index (χ1n) is 9.03. The molecule has 1 amide bonds. The highest BCUT2D eigenvalue weighted by Crippen LogP contribution is 2.26. The van der Waals surface area contributed by atoms with Crippen LogP contribution in [0.15, 0.2) is 53.7 Å². The second-order valence-electron chi connectivity index (χ2n) is 6.50. The van der Waals surface area contributed by atoms with Crippen molar-refractivity contribution in [1.29, 1.82) is 0 Å². The van der Waals surface area contributed by atoms with Crippen LogP contribution >= 0.6 is 11.8 Å². The van der Waals surface area contributed by atoms with Crippen molar-refractivity contribution in [3.63, 3.8) is 0 Å². The summed E-state index contributed by atoms with van der Waals surface area (Å²) < 4.78 is 1.98. The summed E-state index contributed by atoms with van der Waals surface area (Å²) in [6.07, 6.45) is 0.981. The number of carbonyl (C=O) groups is 1. The van der Waals surface area contributed by atoms with Crippen molar-refractivity contribution in [3.8, 4) is 5.69 Å². The Hall–Kier alpha value is -2.60. The maximum absolute atomic E-state index is 12.6. The fourth-order valence-electron chi connectivity index (χ4n) is 2.69. The smallest absolute Gasteiger partial charge is 0.237 e. The Balaban J connectivity index is 1.72. The maximum atomic E-state index is 12.6. The van der Waals surface area contributed by atoms with Crippen molar-refractivity contribution in [2.45, 2.75) is 44.5 Å². The average Bonchev–Trinajstić information content (AvgIpc) is 3.03. The molecule has 1 aromatic heterocycles. The minimum atomic E-state index is -0.302. The molecular formula is C21H24N4OS. The summed E-state index contributed by atoms with van der Waals surface area (Å²) in [5.74, 6) is 0.740. The Kier molecular flexibility index (Phi) is 5.96. The molecule has 3 rings (SSSR count). The van der Waals surface area contributed by atoms with E-state index < -0.39 is 0 Å². The molecule has 1 N–H and O–H groups in total. The predicted octanol–water partition coefficient (Wildman–Crippen LogP) is 4.57. The highest BCUT2D eigenvalue weighted by Gasteiger charge is 2.20. The number of aryl methyl sites for hydroxylation is 3. The first-order valence-corrected chi connectivity index (χ1v) is 9.91. The third-order valence-electron chi connectivity index (χ3n) is 4.37. The van der Waals surface area contributed by atoms with Gasteiger partial charge < -0.3 is 5.32 Å². The average molecular weight is 381 g/mol. The van der Waals surface area contributed by atoms with Gasteiger partial charge in [-0.1, -0.05) is 48.5 Å². The lowest BCUT2D eigenvalue weighted by Crippen LogP contribution is -2.22. The van der Waals surface area contributed by atoms with Gasteiger partial charge >= 0.3 is 0 Å². The number of nitrogens with one attached hydrogen (secondary N) is 1. The molecule has 0 saturated carbocycles. The van der Waals surface area contributed by atoms with Crippen LogP contribution in [0.4, 0.5) is 5.69 Å². The quantitative estimate of drug-likeness (QED) is 0.637. The van der Waals surface area contributed by atoms with Crippen LogP contribution in [0, 0.1) is 13.8 Å². The molecule has 5 nitrogen and oxygen atoms in total. The minimum Gasteiger partial charge on any atom is -0.325 e. The second kappa shape index (κ2) is 8.39. The molecule has 0 aliphatic heterocycles. The molecule has 0 fully saturated rings. The van der Waals surface area contributed by atoms with Crippen molar-refractivity contribution >= 4 is 23.4 Å². The summed E-state index contributed by atoms with van der Waals surface area (Å²) in [5.41, 5.74) is 4.24. The van der Waals surface area contributed by atoms with Gasteiger partial charge in [-0.05, 0) is 57.0 Å². The lowest BCUT2D eigenvalue weighted by molar-refractivity contribution is -0.115. The van der Waals surface area contributed by atoms with Crippen LogP contribution in [-0.4, -0.2) is 25.9 Å². The van der Waals surface area contributed by atoms with Crippen LogP contribution < -0.4 is 5.32 Å². The molecule has 0 aliphatic carbocycles. The van der Waals surface area contributed by atoms with Crippen molar-refractivity contribution < 1.29 is 4.79 Å². The van der Waals surface area contributed by atoms with Crippen molar-refractivity contribution in [3.05, 3.63) is 65.5 Å². The molecule has 140 valence electrons. The van der Waals surface area contributed by atoms with E-state index in [1.54, 1.807) is 0 Å². The van der Waals surface area contributed by atoms with Crippen LogP contribution in [0.5, 0.6) is 0 Å². The molecule has 1 atom stereocenters. The van der Waals surface area contributed by atoms with Crippen molar-refractivity contribution in [2.24, 2.45) is 0 Å². The molecule has 0 bridgehead atoms. The molecule has 0 saturated heterocycles. The molecule has 0 aliphatic rings. The number of rotatable bonds is 6. The zero-order valence-corrected chi connectivity index (χ0v) is 16.9. The number of benzene rings is 2. The van der Waals surface area contributed by atoms with E-state index in [2.05, 4.69) is 41.5 Å². The zero-order valence-electron chi connectivity index (χ0n) is 16.1. The van der Waals surface area contributed by atoms with E-state index >= 15 is 0 Å². The van der Waals surface area contributed by atoms with Gasteiger partial charge in [-0.2, -0.15) is 0 Å². The summed E-state index contributed by atoms with van der Waals surface area (Å²) in [4.78, 5) is 12.6. The second-order valence-corrected chi connectivity index (χ2v) is 7.81. The number of hydrogen-bond acceptors (Lipinski definition) is 4. The molecular weight excluding hydrogens is 356 g/mol. The Morgan fingerprint density at radius 3 is 2.37 bits per heavy atom. The lowest BCUT2D eigenvalue weighted by atomic mass is 10.1. The van der Waals surface area contributed by atoms with Gasteiger partial charge in [-0.25, -0.2) is 0 Å². The Morgan fingerprint density at radius 1 is 1.07 bits per heavy atom. The van der Waals surface area contributed by atoms with E-state index in [1.165, 1.54) is 22.9 Å². The fraction of sp³-hybridized carbons (Fsp3) is 0.286. The largest absolute Gasteiger partial charge is 0.325 e. The summed E-state index contributed by atoms with van der Waals surface area (Å²) in [6, 6.07) is 16.1. The normalized spacial score (nSPS) is 12.0. The van der Waals surface area contributed by atoms with Crippen LogP contribution in [0.1, 0.15) is 30.8 Å². The summed E-state index contributed by atoms with van der Waals surface area (Å²) in [6.45, 7) is 7.96. The van der Waals surface area contributed by atoms with Crippen LogP contribution in [-0.2, 0) is 11.2 Å². The molecule has 0 radical (unpaired) electrons. The van der Waals surface area contributed by atoms with E-state index in [0.717, 1.165) is 23.6 Å². The van der Waals surface area contributed by atoms with Crippen LogP contribution in [0.3, 0.4) is 0 Å². The summed E-state index contributed by atoms with van der Waals surface area (Å²) in [5, 5.41) is 11.8. The molecule has 2 aromatic carbocycles. The first-order chi connectivity index (χ1) is 13.0. The van der Waals surface area contributed by atoms with Gasteiger partial charge in [0.15, 0.2) is 5.16 Å². The van der Waals surface area contributed by atoms with E-state index in [9.17, 15) is 4.79 Å². The Bertz CT molecular complexity index is 916. The monoisotopic (exact) mass is 380 g/mol. The number of thioether (sulfide) groups is 1. The van der Waals surface area contributed by atoms with E-state index in [-0.39, 0.29) is 11.2 Å². The number of carbonyl (C=O) groups excluding carboxylic acids is 1. The number of nitrogens with zero attached hydrogens (tertiary/aromatic N) is 3. The SMILES string of the molecule is CCc1ccc(NC(=O)[C@H](C)Sc2nnc(C)n2-c2ccc(C)cc2)cc1. The molecule has 1 heterocycles. The van der Waals surface area contributed by atoms with Crippen molar-refractivity contribution in [2.75, 3.05) is 5.32 Å². The van der Waals surface area contributed by atoms with E-state index in [4.69, 9.17) is 0 Å². The fourth-order valence-corrected chi connectivity index (χ4v) is 3.60. The van der Waals surface area contributed by atoms with Crippen LogP contribution in [0.2, 0.25) is 0 Å². The minimum absolute atomic E-state index is 0.0552. The first kappa shape index (κ1) is 19.2. The van der Waals surface area contributed by atoms with Gasteiger partial charge in [-0.15, -0.1) is 10.2 Å². The summed E-state index contributed by atoms with van der Waals surface area (Å²) in [7, 11) is 0. The third-order valence-corrected chi connectivity index (χ3v) is 5.41. The highest BCUT2D eigenvalue weighted by molar-refractivity contribution is 8.00. The Labute approximate surface area is 164 Å². The van der Waals surface area contributed by atoms with Crippen LogP contribution in [0.25, 0.3) is 5.69 Å². The maximum Gasteiger partial charge on any atom is 0.237 e. The van der Waals surface area contributed by atoms with Gasteiger partial charge in [0.2, 0.25) is 5.91 Å². The van der Waals surface area contributed by atoms with E-state index in [1.807, 2.05) is 54.8 Å². The van der Waals surface area contributed by atoms with Gasteiger partial charge in [-0.3, -0.25) is 9.36 Å². The standard InChI is InChI=1S/C21H24N4OS/c1-5-17-8-10-18(11-9-17)22-20(26)15(3)27-21-24-23-16(4)25(21)19-12-6-14(2)7-13-19/h6-13,15H,5H2,1-4H3,(H,22,26)/t15-/m0/s1. The van der Waals surface area contributed by atoms with E-state index in [0.29, 0.717) is 5.16 Å². The zero-order chi connectivity index (χ0) is 19.4. The number of aromatic nitrogens is 3.